The number of halogens is 2. The zero-order valence-corrected chi connectivity index (χ0v) is 29.8. The highest BCUT2D eigenvalue weighted by Gasteiger charge is 2.69. The molecule has 2 saturated heterocycles. The summed E-state index contributed by atoms with van der Waals surface area (Å²) < 4.78 is 6.18. The first-order chi connectivity index (χ1) is 24.6. The number of methoxy groups -OCH3 is 1. The van der Waals surface area contributed by atoms with Gasteiger partial charge in [0.1, 0.15) is 0 Å². The number of carbonyl (C=O) groups excluding carboxylic acids is 4. The van der Waals surface area contributed by atoms with E-state index in [0.29, 0.717) is 33.9 Å². The summed E-state index contributed by atoms with van der Waals surface area (Å²) in [5, 5.41) is 10.7. The predicted octanol–water partition coefficient (Wildman–Crippen LogP) is 7.73. The van der Waals surface area contributed by atoms with Crippen molar-refractivity contribution in [2.75, 3.05) is 16.9 Å². The van der Waals surface area contributed by atoms with Crippen LogP contribution in [-0.4, -0.2) is 35.8 Å². The predicted molar refractivity (Wildman–Crippen MR) is 197 cm³/mol. The average molecular weight is 764 g/mol. The van der Waals surface area contributed by atoms with E-state index in [0.717, 1.165) is 10.0 Å². The Kier molecular flexibility index (Phi) is 8.23. The van der Waals surface area contributed by atoms with E-state index >= 15 is 4.79 Å². The fourth-order valence-electron chi connectivity index (χ4n) is 8.84. The lowest BCUT2D eigenvalue weighted by atomic mass is 9.50. The van der Waals surface area contributed by atoms with Crippen LogP contribution >= 0.6 is 27.5 Å². The fourth-order valence-corrected chi connectivity index (χ4v) is 9.29. The maximum atomic E-state index is 15.2. The highest BCUT2D eigenvalue weighted by atomic mass is 79.9. The molecule has 1 N–H and O–H groups in total. The Morgan fingerprint density at radius 1 is 0.843 bits per heavy atom. The highest BCUT2D eigenvalue weighted by molar-refractivity contribution is 9.10. The van der Waals surface area contributed by atoms with Crippen molar-refractivity contribution >= 4 is 68.6 Å². The van der Waals surface area contributed by atoms with Gasteiger partial charge in [-0.15, -0.1) is 0 Å². The van der Waals surface area contributed by atoms with E-state index in [-0.39, 0.29) is 41.5 Å². The van der Waals surface area contributed by atoms with E-state index in [1.807, 2.05) is 48.6 Å². The van der Waals surface area contributed by atoms with E-state index in [9.17, 15) is 19.5 Å². The number of rotatable bonds is 6. The van der Waals surface area contributed by atoms with Crippen molar-refractivity contribution in [2.45, 2.75) is 18.3 Å². The number of ether oxygens (including phenoxy) is 1. The van der Waals surface area contributed by atoms with Crippen LogP contribution in [0.3, 0.4) is 0 Å². The smallest absolute Gasteiger partial charge is 0.246 e. The second kappa shape index (κ2) is 12.7. The number of phenolic OH excluding ortho intramolecular Hbond substituents is 1. The van der Waals surface area contributed by atoms with Gasteiger partial charge >= 0.3 is 0 Å². The van der Waals surface area contributed by atoms with Crippen molar-refractivity contribution in [2.24, 2.45) is 29.6 Å². The SMILES string of the molecule is COc1cc(C=C[C@H]2C3=CC[C@@H]4C(=O)N(c5ccc(Br)cc5)C(=O)[C@@H]4[C@@H]3C[C@H]3C(=O)N(c4cccc(Cl)c4)C(=O)[C@@]23c2ccccc2)ccc1O. The molecule has 4 aromatic carbocycles. The maximum absolute atomic E-state index is 15.2. The molecule has 4 amide bonds. The minimum Gasteiger partial charge on any atom is -0.504 e. The summed E-state index contributed by atoms with van der Waals surface area (Å²) >= 11 is 9.83. The van der Waals surface area contributed by atoms with Gasteiger partial charge in [-0.2, -0.15) is 0 Å². The summed E-state index contributed by atoms with van der Waals surface area (Å²) in [4.78, 5) is 61.0. The standard InChI is InChI=1S/C41H32BrClN2O6/c1-51-35-20-23(11-19-34(35)46)10-18-32-29-16-17-30-36(39(49)44(37(30)47)27-14-12-25(42)13-15-27)31(29)22-33-38(48)45(28-9-5-8-26(43)21-28)40(50)41(32,33)24-6-3-2-4-7-24/h2-16,18-21,30-33,36,46H,17,22H2,1H3/t30-,31+,32-,33-,36-,41-/m0/s1. The van der Waals surface area contributed by atoms with Crippen LogP contribution < -0.4 is 14.5 Å². The third-order valence-corrected chi connectivity index (χ3v) is 11.8. The van der Waals surface area contributed by atoms with Gasteiger partial charge in [0.2, 0.25) is 23.6 Å². The van der Waals surface area contributed by atoms with Gasteiger partial charge in [0.25, 0.3) is 0 Å². The van der Waals surface area contributed by atoms with Gasteiger partial charge in [0, 0.05) is 15.4 Å². The normalized spacial score (nSPS) is 27.0. The Morgan fingerprint density at radius 2 is 1.61 bits per heavy atom. The van der Waals surface area contributed by atoms with Crippen LogP contribution in [0.5, 0.6) is 11.5 Å². The highest BCUT2D eigenvalue weighted by Crippen LogP contribution is 2.62. The lowest BCUT2D eigenvalue weighted by Crippen LogP contribution is -2.54. The third-order valence-electron chi connectivity index (χ3n) is 11.0. The first-order valence-corrected chi connectivity index (χ1v) is 17.9. The first kappa shape index (κ1) is 33.2. The number of hydrogen-bond acceptors (Lipinski definition) is 6. The molecule has 0 spiro atoms. The number of nitrogens with zero attached hydrogens (tertiary/aromatic N) is 2. The van der Waals surface area contributed by atoms with Crippen LogP contribution in [0.15, 0.2) is 119 Å². The van der Waals surface area contributed by atoms with Crippen molar-refractivity contribution in [1.29, 1.82) is 0 Å². The van der Waals surface area contributed by atoms with Crippen molar-refractivity contribution in [1.82, 2.24) is 0 Å². The number of fused-ring (bicyclic) bond motifs is 4. The summed E-state index contributed by atoms with van der Waals surface area (Å²) in [7, 11) is 1.47. The number of aromatic hydroxyl groups is 1. The molecule has 8 nitrogen and oxygen atoms in total. The number of imide groups is 2. The van der Waals surface area contributed by atoms with Gasteiger partial charge in [-0.1, -0.05) is 93.8 Å². The van der Waals surface area contributed by atoms with Gasteiger partial charge < -0.3 is 9.84 Å². The molecule has 4 aromatic rings. The largest absolute Gasteiger partial charge is 0.504 e. The van der Waals surface area contributed by atoms with Crippen LogP contribution in [0.1, 0.15) is 24.0 Å². The molecule has 256 valence electrons. The lowest BCUT2D eigenvalue weighted by molar-refractivity contribution is -0.128. The minimum atomic E-state index is -1.37. The lowest BCUT2D eigenvalue weighted by Gasteiger charge is -2.49. The molecule has 6 atom stereocenters. The van der Waals surface area contributed by atoms with E-state index in [1.165, 1.54) is 23.0 Å². The van der Waals surface area contributed by atoms with Crippen LogP contribution in [-0.2, 0) is 24.6 Å². The molecule has 10 heteroatoms. The van der Waals surface area contributed by atoms with Crippen LogP contribution in [0.4, 0.5) is 11.4 Å². The Morgan fingerprint density at radius 3 is 2.33 bits per heavy atom. The monoisotopic (exact) mass is 762 g/mol. The molecule has 0 unspecified atom stereocenters. The summed E-state index contributed by atoms with van der Waals surface area (Å²) in [6, 6.07) is 28.1. The van der Waals surface area contributed by atoms with Gasteiger partial charge in [0.15, 0.2) is 11.5 Å². The van der Waals surface area contributed by atoms with Crippen molar-refractivity contribution < 1.29 is 29.0 Å². The number of anilines is 2. The van der Waals surface area contributed by atoms with Gasteiger partial charge in [0.05, 0.1) is 41.7 Å². The number of hydrogen-bond donors (Lipinski definition) is 1. The van der Waals surface area contributed by atoms with Crippen molar-refractivity contribution in [3.63, 3.8) is 0 Å². The Bertz CT molecular complexity index is 2170. The Labute approximate surface area is 308 Å². The molecule has 0 radical (unpaired) electrons. The van der Waals surface area contributed by atoms with E-state index in [4.69, 9.17) is 16.3 Å². The molecule has 4 aliphatic rings. The zero-order chi connectivity index (χ0) is 35.6. The van der Waals surface area contributed by atoms with Crippen LogP contribution in [0.2, 0.25) is 5.02 Å². The summed E-state index contributed by atoms with van der Waals surface area (Å²) in [5.41, 5.74) is 1.74. The molecule has 0 aromatic heterocycles. The second-order valence-corrected chi connectivity index (χ2v) is 14.8. The molecule has 51 heavy (non-hydrogen) atoms. The fraction of sp³-hybridized carbons (Fsp3) is 0.220. The summed E-state index contributed by atoms with van der Waals surface area (Å²) in [5.74, 6) is -4.36. The van der Waals surface area contributed by atoms with Gasteiger partial charge in [-0.25, -0.2) is 4.90 Å². The van der Waals surface area contributed by atoms with E-state index in [2.05, 4.69) is 15.9 Å². The summed E-state index contributed by atoms with van der Waals surface area (Å²) in [6.07, 6.45) is 6.34. The number of carbonyl (C=O) groups is 4. The van der Waals surface area contributed by atoms with Gasteiger partial charge in [-0.05, 0) is 84.5 Å². The number of phenols is 1. The summed E-state index contributed by atoms with van der Waals surface area (Å²) in [6.45, 7) is 0. The number of benzene rings is 4. The van der Waals surface area contributed by atoms with E-state index < -0.39 is 35.0 Å². The average Bonchev–Trinajstić information content (AvgIpc) is 3.53. The Balaban J connectivity index is 1.32. The maximum Gasteiger partial charge on any atom is 0.246 e. The Hall–Kier alpha value is -4.99. The first-order valence-electron chi connectivity index (χ1n) is 16.7. The van der Waals surface area contributed by atoms with Crippen molar-refractivity contribution in [3.05, 3.63) is 135 Å². The molecule has 2 heterocycles. The molecular formula is C41H32BrClN2O6. The molecule has 3 fully saturated rings. The van der Waals surface area contributed by atoms with Crippen LogP contribution in [0.25, 0.3) is 6.08 Å². The zero-order valence-electron chi connectivity index (χ0n) is 27.4. The molecule has 0 bridgehead atoms. The molecule has 1 saturated carbocycles. The second-order valence-electron chi connectivity index (χ2n) is 13.4. The quantitative estimate of drug-likeness (QED) is 0.159. The topological polar surface area (TPSA) is 104 Å². The van der Waals surface area contributed by atoms with Gasteiger partial charge in [-0.3, -0.25) is 24.1 Å². The van der Waals surface area contributed by atoms with E-state index in [1.54, 1.807) is 60.7 Å². The molecular weight excluding hydrogens is 732 g/mol. The minimum absolute atomic E-state index is 0.0114. The van der Waals surface area contributed by atoms with Crippen molar-refractivity contribution in [3.8, 4) is 11.5 Å². The van der Waals surface area contributed by atoms with Crippen LogP contribution in [0, 0.1) is 29.6 Å². The molecule has 2 aliphatic heterocycles. The molecule has 8 rings (SSSR count). The molecule has 2 aliphatic carbocycles. The number of amides is 4. The third kappa shape index (κ3) is 5.08. The number of allylic oxidation sites excluding steroid dienone is 3.